The molecule has 1 aromatic rings. The van der Waals surface area contributed by atoms with Gasteiger partial charge in [-0.1, -0.05) is 0 Å². The summed E-state index contributed by atoms with van der Waals surface area (Å²) in [7, 11) is 0. The maximum absolute atomic E-state index is 10.6. The summed E-state index contributed by atoms with van der Waals surface area (Å²) in [6.45, 7) is 12.0. The number of hydrogen-bond acceptors (Lipinski definition) is 4. The van der Waals surface area contributed by atoms with E-state index in [1.165, 1.54) is 0 Å². The first kappa shape index (κ1) is 16.1. The molecule has 1 aromatic carbocycles. The predicted molar refractivity (Wildman–Crippen MR) is 81.9 cm³/mol. The second kappa shape index (κ2) is 6.24. The van der Waals surface area contributed by atoms with Gasteiger partial charge in [0.1, 0.15) is 17.1 Å². The number of aromatic hydroxyl groups is 1. The van der Waals surface area contributed by atoms with Crippen molar-refractivity contribution in [3.05, 3.63) is 22.3 Å². The van der Waals surface area contributed by atoms with Gasteiger partial charge in [-0.3, -0.25) is 0 Å². The first-order chi connectivity index (χ1) is 9.91. The number of phenols is 1. The Morgan fingerprint density at radius 3 is 2.24 bits per heavy atom. The van der Waals surface area contributed by atoms with Gasteiger partial charge in [-0.15, -0.1) is 0 Å². The molecule has 4 nitrogen and oxygen atoms in total. The summed E-state index contributed by atoms with van der Waals surface area (Å²) >= 11 is 0. The molecule has 0 atom stereocenters. The quantitative estimate of drug-likeness (QED) is 0.872. The fourth-order valence-corrected chi connectivity index (χ4v) is 2.81. The highest BCUT2D eigenvalue weighted by Gasteiger charge is 2.36. The van der Waals surface area contributed by atoms with E-state index in [-0.39, 0.29) is 5.60 Å². The molecule has 2 rings (SSSR count). The monoisotopic (exact) mass is 294 g/mol. The topological polar surface area (TPSA) is 47.9 Å². The van der Waals surface area contributed by atoms with Gasteiger partial charge >= 0.3 is 0 Å². The third-order valence-electron chi connectivity index (χ3n) is 3.89. The normalized spacial score (nSPS) is 15.9. The zero-order chi connectivity index (χ0) is 15.6. The van der Waals surface area contributed by atoms with Crippen LogP contribution in [0.15, 0.2) is 0 Å². The molecule has 4 heteroatoms. The summed E-state index contributed by atoms with van der Waals surface area (Å²) in [4.78, 5) is 0. The summed E-state index contributed by atoms with van der Waals surface area (Å²) in [5.74, 6) is 1.19. The number of fused-ring (bicyclic) bond motifs is 1. The van der Waals surface area contributed by atoms with Gasteiger partial charge in [-0.2, -0.15) is 0 Å². The molecule has 1 aliphatic rings. The van der Waals surface area contributed by atoms with E-state index in [9.17, 15) is 5.11 Å². The zero-order valence-electron chi connectivity index (χ0n) is 13.7. The van der Waals surface area contributed by atoms with Crippen molar-refractivity contribution in [1.29, 1.82) is 0 Å². The molecule has 0 fully saturated rings. The molecule has 0 amide bonds. The number of rotatable bonds is 6. The van der Waals surface area contributed by atoms with Crippen molar-refractivity contribution in [2.75, 3.05) is 13.2 Å². The van der Waals surface area contributed by atoms with Crippen LogP contribution in [0, 0.1) is 6.92 Å². The Hall–Kier alpha value is -1.26. The molecule has 0 bridgehead atoms. The van der Waals surface area contributed by atoms with Gasteiger partial charge in [0.2, 0.25) is 0 Å². The third-order valence-corrected chi connectivity index (χ3v) is 3.89. The Balaban J connectivity index is 2.51. The predicted octanol–water partition coefficient (Wildman–Crippen LogP) is 3.49. The lowest BCUT2D eigenvalue weighted by molar-refractivity contribution is 0.124. The van der Waals surface area contributed by atoms with Crippen LogP contribution in [-0.2, 0) is 29.1 Å². The number of hydrogen-bond donors (Lipinski definition) is 1. The summed E-state index contributed by atoms with van der Waals surface area (Å²) < 4.78 is 17.1. The van der Waals surface area contributed by atoms with Crippen molar-refractivity contribution in [3.8, 4) is 11.5 Å². The molecule has 0 spiro atoms. The lowest BCUT2D eigenvalue weighted by Crippen LogP contribution is -2.25. The molecule has 0 aromatic heterocycles. The maximum atomic E-state index is 10.6. The van der Waals surface area contributed by atoms with Crippen LogP contribution >= 0.6 is 0 Å². The molecule has 0 aliphatic carbocycles. The van der Waals surface area contributed by atoms with Crippen molar-refractivity contribution in [1.82, 2.24) is 0 Å². The number of phenolic OH excluding ortho intramolecular Hbond substituents is 1. The van der Waals surface area contributed by atoms with Crippen LogP contribution in [0.1, 0.15) is 49.9 Å². The van der Waals surface area contributed by atoms with Crippen LogP contribution in [0.25, 0.3) is 0 Å². The van der Waals surface area contributed by atoms with Gasteiger partial charge < -0.3 is 19.3 Å². The summed E-state index contributed by atoms with van der Waals surface area (Å²) in [5, 5.41) is 10.6. The highest BCUT2D eigenvalue weighted by atomic mass is 16.5. The van der Waals surface area contributed by atoms with E-state index in [4.69, 9.17) is 14.2 Å². The molecule has 0 saturated carbocycles. The summed E-state index contributed by atoms with van der Waals surface area (Å²) in [6.07, 6.45) is 0.786. The second-order valence-electron chi connectivity index (χ2n) is 6.05. The number of benzene rings is 1. The van der Waals surface area contributed by atoms with Crippen LogP contribution in [-0.4, -0.2) is 23.9 Å². The molecule has 118 valence electrons. The average Bonchev–Trinajstić information content (AvgIpc) is 2.74. The van der Waals surface area contributed by atoms with Gasteiger partial charge in [-0.25, -0.2) is 0 Å². The van der Waals surface area contributed by atoms with E-state index < -0.39 is 0 Å². The minimum Gasteiger partial charge on any atom is -0.507 e. The van der Waals surface area contributed by atoms with Gasteiger partial charge in [0.05, 0.1) is 13.2 Å². The van der Waals surface area contributed by atoms with Crippen molar-refractivity contribution in [3.63, 3.8) is 0 Å². The van der Waals surface area contributed by atoms with Crippen molar-refractivity contribution in [2.24, 2.45) is 0 Å². The maximum Gasteiger partial charge on any atom is 0.127 e. The molecular weight excluding hydrogens is 268 g/mol. The minimum atomic E-state index is -0.245. The average molecular weight is 294 g/mol. The highest BCUT2D eigenvalue weighted by Crippen LogP contribution is 2.45. The Labute approximate surface area is 127 Å². The Kier molecular flexibility index (Phi) is 4.79. The minimum absolute atomic E-state index is 0.245. The van der Waals surface area contributed by atoms with Crippen LogP contribution in [0.2, 0.25) is 0 Å². The Morgan fingerprint density at radius 1 is 1.10 bits per heavy atom. The zero-order valence-corrected chi connectivity index (χ0v) is 13.7. The van der Waals surface area contributed by atoms with Gasteiger partial charge in [0, 0.05) is 41.9 Å². The molecule has 0 radical (unpaired) electrons. The molecule has 1 N–H and O–H groups in total. The fourth-order valence-electron chi connectivity index (χ4n) is 2.81. The SMILES string of the molecule is CCOCc1c(C)c2c(c(COCC)c1O)CC(C)(C)O2. The Bertz CT molecular complexity index is 520. The first-order valence-corrected chi connectivity index (χ1v) is 7.61. The van der Waals surface area contributed by atoms with Gasteiger partial charge in [0.15, 0.2) is 0 Å². The van der Waals surface area contributed by atoms with Crippen LogP contribution in [0.4, 0.5) is 0 Å². The van der Waals surface area contributed by atoms with E-state index in [1.54, 1.807) is 0 Å². The number of ether oxygens (including phenoxy) is 3. The first-order valence-electron chi connectivity index (χ1n) is 7.61. The lowest BCUT2D eigenvalue weighted by Gasteiger charge is -2.19. The van der Waals surface area contributed by atoms with Crippen molar-refractivity contribution >= 4 is 0 Å². The van der Waals surface area contributed by atoms with Crippen LogP contribution in [0.5, 0.6) is 11.5 Å². The summed E-state index contributed by atoms with van der Waals surface area (Å²) in [5.41, 5.74) is 3.45. The molecule has 1 heterocycles. The van der Waals surface area contributed by atoms with Gasteiger partial charge in [0.25, 0.3) is 0 Å². The van der Waals surface area contributed by atoms with Crippen LogP contribution in [0.3, 0.4) is 0 Å². The second-order valence-corrected chi connectivity index (χ2v) is 6.05. The fraction of sp³-hybridized carbons (Fsp3) is 0.647. The van der Waals surface area contributed by atoms with Crippen molar-refractivity contribution in [2.45, 2.75) is 59.9 Å². The molecular formula is C17H26O4. The van der Waals surface area contributed by atoms with Crippen molar-refractivity contribution < 1.29 is 19.3 Å². The smallest absolute Gasteiger partial charge is 0.127 e. The van der Waals surface area contributed by atoms with E-state index in [2.05, 4.69) is 13.8 Å². The van der Waals surface area contributed by atoms with Gasteiger partial charge in [-0.05, 0) is 34.6 Å². The molecule has 1 aliphatic heterocycles. The summed E-state index contributed by atoms with van der Waals surface area (Å²) in [6, 6.07) is 0. The van der Waals surface area contributed by atoms with Crippen LogP contribution < -0.4 is 4.74 Å². The molecule has 0 unspecified atom stereocenters. The molecule has 0 saturated heterocycles. The largest absolute Gasteiger partial charge is 0.507 e. The van der Waals surface area contributed by atoms with E-state index in [0.717, 1.165) is 34.4 Å². The third kappa shape index (κ3) is 3.16. The van der Waals surface area contributed by atoms with E-state index >= 15 is 0 Å². The van der Waals surface area contributed by atoms with E-state index in [0.29, 0.717) is 32.2 Å². The van der Waals surface area contributed by atoms with E-state index in [1.807, 2.05) is 20.8 Å². The Morgan fingerprint density at radius 2 is 1.67 bits per heavy atom. The standard InChI is InChI=1S/C17H26O4/c1-6-19-9-13-11(3)16-12(8-17(4,5)21-16)14(15(13)18)10-20-7-2/h18H,6-10H2,1-5H3. The molecule has 21 heavy (non-hydrogen) atoms. The lowest BCUT2D eigenvalue weighted by atomic mass is 9.92. The highest BCUT2D eigenvalue weighted by molar-refractivity contribution is 5.60.